The van der Waals surface area contributed by atoms with Gasteiger partial charge in [0.2, 0.25) is 17.7 Å². The Balaban J connectivity index is 1.72. The van der Waals surface area contributed by atoms with Gasteiger partial charge in [0.25, 0.3) is 0 Å². The molecule has 3 amide bonds. The molecule has 1 fully saturated rings. The Bertz CT molecular complexity index is 1570. The summed E-state index contributed by atoms with van der Waals surface area (Å²) in [5.41, 5.74) is 0.853. The van der Waals surface area contributed by atoms with E-state index in [0.29, 0.717) is 53.3 Å². The van der Waals surface area contributed by atoms with Crippen molar-refractivity contribution in [1.82, 2.24) is 31.2 Å². The highest BCUT2D eigenvalue weighted by molar-refractivity contribution is 6.31. The number of aromatic nitrogens is 2. The molecule has 1 aromatic heterocycles. The Morgan fingerprint density at radius 3 is 2.61 bits per heavy atom. The summed E-state index contributed by atoms with van der Waals surface area (Å²) in [5, 5.41) is 15.1. The third-order valence-corrected chi connectivity index (χ3v) is 8.26. The molecule has 2 aromatic carbocycles. The van der Waals surface area contributed by atoms with Crippen molar-refractivity contribution in [3.63, 3.8) is 0 Å². The van der Waals surface area contributed by atoms with E-state index in [9.17, 15) is 18.8 Å². The first-order valence-corrected chi connectivity index (χ1v) is 15.5. The second kappa shape index (κ2) is 15.6. The minimum absolute atomic E-state index is 0.0409. The number of hydrogen-bond donors (Lipinski definition) is 5. The van der Waals surface area contributed by atoms with Gasteiger partial charge < -0.3 is 30.7 Å². The first-order valence-electron chi connectivity index (χ1n) is 15.1. The van der Waals surface area contributed by atoms with Crippen LogP contribution in [-0.2, 0) is 25.5 Å². The van der Waals surface area contributed by atoms with E-state index in [-0.39, 0.29) is 18.1 Å². The van der Waals surface area contributed by atoms with E-state index in [2.05, 4.69) is 36.6 Å². The van der Waals surface area contributed by atoms with Crippen molar-refractivity contribution in [3.8, 4) is 5.75 Å². The number of nitrogens with zero attached hydrogens (tertiary/aromatic N) is 2. The number of benzene rings is 2. The third kappa shape index (κ3) is 8.66. The maximum Gasteiger partial charge on any atom is 0.249 e. The number of likely N-dealkylation sites (N-methyl/N-ethyl adjacent to an activating group) is 1. The highest BCUT2D eigenvalue weighted by Crippen LogP contribution is 2.36. The van der Waals surface area contributed by atoms with Crippen molar-refractivity contribution >= 4 is 51.7 Å². The molecule has 0 unspecified atom stereocenters. The zero-order valence-corrected chi connectivity index (χ0v) is 27.4. The fourth-order valence-corrected chi connectivity index (χ4v) is 5.42. The maximum absolute atomic E-state index is 13.8. The van der Waals surface area contributed by atoms with Gasteiger partial charge in [-0.05, 0) is 75.0 Å². The molecule has 4 rings (SSSR count). The van der Waals surface area contributed by atoms with E-state index >= 15 is 0 Å². The Morgan fingerprint density at radius 2 is 1.93 bits per heavy atom. The van der Waals surface area contributed by atoms with Gasteiger partial charge in [0.1, 0.15) is 36.4 Å². The van der Waals surface area contributed by atoms with E-state index in [4.69, 9.17) is 21.1 Å². The summed E-state index contributed by atoms with van der Waals surface area (Å²) >= 11 is 6.00. The predicted octanol–water partition coefficient (Wildman–Crippen LogP) is 3.25. The zero-order valence-electron chi connectivity index (χ0n) is 26.6. The quantitative estimate of drug-likeness (QED) is 0.163. The summed E-state index contributed by atoms with van der Waals surface area (Å²) in [6.45, 7) is 6.64. The van der Waals surface area contributed by atoms with E-state index in [1.54, 1.807) is 33.2 Å². The number of nitrogens with one attached hydrogen (secondary N) is 5. The van der Waals surface area contributed by atoms with Crippen LogP contribution in [0.1, 0.15) is 39.2 Å². The van der Waals surface area contributed by atoms with Crippen LogP contribution in [0.4, 0.5) is 15.9 Å². The summed E-state index contributed by atoms with van der Waals surface area (Å²) in [5.74, 6) is -1.03. The van der Waals surface area contributed by atoms with Crippen molar-refractivity contribution < 1.29 is 28.2 Å². The lowest BCUT2D eigenvalue weighted by Crippen LogP contribution is -2.59. The van der Waals surface area contributed by atoms with Crippen LogP contribution >= 0.6 is 11.6 Å². The molecule has 0 aliphatic carbocycles. The topological polar surface area (TPSA) is 156 Å². The van der Waals surface area contributed by atoms with Crippen molar-refractivity contribution in [2.75, 3.05) is 39.2 Å². The number of halogens is 2. The van der Waals surface area contributed by atoms with Crippen LogP contribution in [0.2, 0.25) is 5.02 Å². The molecule has 2 heterocycles. The monoisotopic (exact) mass is 657 g/mol. The Kier molecular flexibility index (Phi) is 11.8. The van der Waals surface area contributed by atoms with Crippen molar-refractivity contribution in [3.05, 3.63) is 53.1 Å². The van der Waals surface area contributed by atoms with Gasteiger partial charge in [-0.1, -0.05) is 25.4 Å². The molecule has 3 aromatic rings. The molecule has 12 nitrogen and oxygen atoms in total. The molecule has 248 valence electrons. The average Bonchev–Trinajstić information content (AvgIpc) is 3.57. The summed E-state index contributed by atoms with van der Waals surface area (Å²) < 4.78 is 25.1. The highest BCUT2D eigenvalue weighted by atomic mass is 35.5. The largest absolute Gasteiger partial charge is 0.491 e. The molecule has 5 N–H and O–H groups in total. The smallest absolute Gasteiger partial charge is 0.249 e. The van der Waals surface area contributed by atoms with Crippen LogP contribution in [0, 0.1) is 11.2 Å². The molecule has 1 aliphatic rings. The summed E-state index contributed by atoms with van der Waals surface area (Å²) in [6, 6.07) is 5.74. The number of rotatable bonds is 14. The van der Waals surface area contributed by atoms with Gasteiger partial charge in [0, 0.05) is 24.2 Å². The molecule has 0 saturated carbocycles. The normalized spacial score (nSPS) is 16.1. The highest BCUT2D eigenvalue weighted by Gasteiger charge is 2.39. The molecule has 0 radical (unpaired) electrons. The lowest BCUT2D eigenvalue weighted by molar-refractivity contribution is -0.137. The van der Waals surface area contributed by atoms with Crippen LogP contribution in [0.15, 0.2) is 36.7 Å². The Morgan fingerprint density at radius 1 is 1.15 bits per heavy atom. The first-order chi connectivity index (χ1) is 21.9. The summed E-state index contributed by atoms with van der Waals surface area (Å²) in [4.78, 5) is 48.5. The molecule has 0 bridgehead atoms. The van der Waals surface area contributed by atoms with Gasteiger partial charge in [-0.2, -0.15) is 0 Å². The van der Waals surface area contributed by atoms with Crippen LogP contribution in [0.25, 0.3) is 10.9 Å². The lowest BCUT2D eigenvalue weighted by atomic mass is 9.77. The summed E-state index contributed by atoms with van der Waals surface area (Å²) in [7, 11) is 3.22. The first kappa shape index (κ1) is 35.0. The Hall–Kier alpha value is -3.91. The van der Waals surface area contributed by atoms with E-state index in [1.165, 1.54) is 18.5 Å². The van der Waals surface area contributed by atoms with Gasteiger partial charge in [-0.25, -0.2) is 14.4 Å². The van der Waals surface area contributed by atoms with Crippen LogP contribution in [-0.4, -0.2) is 79.7 Å². The molecule has 0 spiro atoms. The molecule has 46 heavy (non-hydrogen) atoms. The van der Waals surface area contributed by atoms with E-state index in [1.807, 2.05) is 19.9 Å². The number of carbonyl (C=O) groups is 3. The van der Waals surface area contributed by atoms with Gasteiger partial charge in [-0.3, -0.25) is 19.7 Å². The van der Waals surface area contributed by atoms with Crippen LogP contribution in [0.3, 0.4) is 0 Å². The van der Waals surface area contributed by atoms with Crippen molar-refractivity contribution in [2.45, 2.75) is 58.2 Å². The van der Waals surface area contributed by atoms with E-state index < -0.39 is 47.1 Å². The van der Waals surface area contributed by atoms with E-state index in [0.717, 1.165) is 6.42 Å². The van der Waals surface area contributed by atoms with Crippen LogP contribution in [0.5, 0.6) is 5.75 Å². The number of anilines is 2. The number of amides is 3. The summed E-state index contributed by atoms with van der Waals surface area (Å²) in [6.07, 6.45) is 3.09. The van der Waals surface area contributed by atoms with Gasteiger partial charge in [0.05, 0.1) is 29.2 Å². The van der Waals surface area contributed by atoms with Gasteiger partial charge in [-0.15, -0.1) is 0 Å². The molecule has 14 heteroatoms. The second-order valence-corrected chi connectivity index (χ2v) is 12.3. The van der Waals surface area contributed by atoms with Crippen molar-refractivity contribution in [1.29, 1.82) is 0 Å². The fraction of sp³-hybridized carbons (Fsp3) is 0.469. The third-order valence-electron chi connectivity index (χ3n) is 7.97. The number of carbonyl (C=O) groups excluding carboxylic acids is 3. The number of ether oxygens (including phenoxy) is 2. The molecule has 1 saturated heterocycles. The van der Waals surface area contributed by atoms with Gasteiger partial charge in [0.15, 0.2) is 0 Å². The standard InChI is InChI=1S/C32H41ClFN7O5/c1-18(35-4)29(42)40-27(31(44)41-30(43)24-7-6-10-36-24)32(2,3)16-19-13-21-25(15-26(19)46-12-11-45-5)37-17-38-28(21)39-20-8-9-23(34)22(33)14-20/h8-9,13-15,17-18,24,27,35-36H,6-7,10-12,16H2,1-5H3,(H,40,42)(H,37,38,39)(H,41,43,44)/t18-,24-,27+/m0/s1. The minimum Gasteiger partial charge on any atom is -0.491 e. The lowest BCUT2D eigenvalue weighted by Gasteiger charge is -2.35. The predicted molar refractivity (Wildman–Crippen MR) is 174 cm³/mol. The number of imide groups is 1. The number of methoxy groups -OCH3 is 1. The minimum atomic E-state index is -1.09. The molecular weight excluding hydrogens is 617 g/mol. The Labute approximate surface area is 272 Å². The second-order valence-electron chi connectivity index (χ2n) is 11.9. The number of hydrogen-bond acceptors (Lipinski definition) is 10. The maximum atomic E-state index is 13.8. The van der Waals surface area contributed by atoms with Gasteiger partial charge >= 0.3 is 0 Å². The number of fused-ring (bicyclic) bond motifs is 1. The fourth-order valence-electron chi connectivity index (χ4n) is 5.24. The average molecular weight is 658 g/mol. The van der Waals surface area contributed by atoms with Crippen molar-refractivity contribution in [2.24, 2.45) is 5.41 Å². The molecule has 3 atom stereocenters. The zero-order chi connectivity index (χ0) is 33.4. The van der Waals surface area contributed by atoms with Crippen LogP contribution < -0.4 is 31.3 Å². The molecule has 1 aliphatic heterocycles. The molecular formula is C32H41ClFN7O5. The SMILES string of the molecule is CN[C@@H](C)C(=O)N[C@H](C(=O)NC(=O)[C@@H]1CCCN1)C(C)(C)Cc1cc2c(Nc3ccc(F)c(Cl)c3)ncnc2cc1OCCOC.